The second-order valence-electron chi connectivity index (χ2n) is 8.93. The number of rotatable bonds is 7. The van der Waals surface area contributed by atoms with Gasteiger partial charge < -0.3 is 19.7 Å². The van der Waals surface area contributed by atoms with E-state index in [0.717, 1.165) is 18.9 Å². The predicted molar refractivity (Wildman–Crippen MR) is 106 cm³/mol. The van der Waals surface area contributed by atoms with Crippen LogP contribution in [0.1, 0.15) is 25.7 Å². The van der Waals surface area contributed by atoms with E-state index >= 15 is 0 Å². The van der Waals surface area contributed by atoms with E-state index in [-0.39, 0.29) is 60.1 Å². The number of nitrogens with zero attached hydrogens (tertiary/aromatic N) is 1. The highest BCUT2D eigenvalue weighted by Crippen LogP contribution is 2.48. The van der Waals surface area contributed by atoms with Crippen LogP contribution < -0.4 is 10.1 Å². The quantitative estimate of drug-likeness (QED) is 0.611. The second kappa shape index (κ2) is 8.70. The summed E-state index contributed by atoms with van der Waals surface area (Å²) in [4.78, 5) is 25.8. The number of ether oxygens (including phenoxy) is 2. The Labute approximate surface area is 187 Å². The van der Waals surface area contributed by atoms with Gasteiger partial charge >= 0.3 is 6.18 Å². The van der Waals surface area contributed by atoms with Gasteiger partial charge in [0.05, 0.1) is 17.0 Å². The molecule has 1 heterocycles. The Kier molecular flexibility index (Phi) is 6.28. The van der Waals surface area contributed by atoms with Crippen molar-refractivity contribution in [2.75, 3.05) is 26.3 Å². The first-order valence-electron chi connectivity index (χ1n) is 10.4. The lowest BCUT2D eigenvalue weighted by Gasteiger charge is -2.59. The van der Waals surface area contributed by atoms with Gasteiger partial charge in [0.15, 0.2) is 6.61 Å². The van der Waals surface area contributed by atoms with Gasteiger partial charge in [-0.2, -0.15) is 13.2 Å². The molecule has 1 aromatic rings. The highest BCUT2D eigenvalue weighted by Gasteiger charge is 2.54. The van der Waals surface area contributed by atoms with Crippen molar-refractivity contribution in [3.63, 3.8) is 0 Å². The summed E-state index contributed by atoms with van der Waals surface area (Å²) in [6.07, 6.45) is -3.40. The third-order valence-corrected chi connectivity index (χ3v) is 6.70. The number of carbonyl (C=O) groups is 2. The molecule has 11 heteroatoms. The minimum absolute atomic E-state index is 0.0177. The predicted octanol–water partition coefficient (Wildman–Crippen LogP) is 3.32. The molecule has 1 N–H and O–H groups in total. The number of amides is 2. The van der Waals surface area contributed by atoms with Crippen molar-refractivity contribution < 1.29 is 36.6 Å². The van der Waals surface area contributed by atoms with Gasteiger partial charge in [0.25, 0.3) is 5.91 Å². The fraction of sp³-hybridized carbons (Fsp3) is 0.619. The molecule has 176 valence electrons. The first kappa shape index (κ1) is 23.1. The Bertz CT molecular complexity index is 877. The molecule has 0 unspecified atom stereocenters. The van der Waals surface area contributed by atoms with E-state index in [1.165, 1.54) is 12.1 Å². The van der Waals surface area contributed by atoms with Crippen LogP contribution in [0.4, 0.5) is 17.6 Å². The van der Waals surface area contributed by atoms with Crippen molar-refractivity contribution in [1.82, 2.24) is 10.2 Å². The zero-order valence-corrected chi connectivity index (χ0v) is 17.8. The van der Waals surface area contributed by atoms with Crippen LogP contribution in [0.15, 0.2) is 18.2 Å². The zero-order valence-electron chi connectivity index (χ0n) is 17.1. The highest BCUT2D eigenvalue weighted by molar-refractivity contribution is 6.30. The number of nitrogens with one attached hydrogen (secondary N) is 1. The summed E-state index contributed by atoms with van der Waals surface area (Å²) in [5, 5.41) is 2.82. The summed E-state index contributed by atoms with van der Waals surface area (Å²) in [6.45, 7) is 0.660. The number of benzene rings is 1. The van der Waals surface area contributed by atoms with Crippen LogP contribution in [-0.2, 0) is 14.3 Å². The van der Waals surface area contributed by atoms with Crippen LogP contribution in [0.3, 0.4) is 0 Å². The van der Waals surface area contributed by atoms with Crippen LogP contribution in [0, 0.1) is 17.2 Å². The average molecular weight is 479 g/mol. The van der Waals surface area contributed by atoms with Crippen molar-refractivity contribution in [3.05, 3.63) is 29.0 Å². The Hall–Kier alpha value is -2.07. The van der Waals surface area contributed by atoms with Crippen LogP contribution in [-0.4, -0.2) is 61.3 Å². The van der Waals surface area contributed by atoms with Gasteiger partial charge in [-0.1, -0.05) is 11.6 Å². The number of hydrogen-bond donors (Lipinski definition) is 1. The number of carbonyl (C=O) groups excluding carboxylic acids is 2. The fourth-order valence-corrected chi connectivity index (χ4v) is 4.64. The first-order chi connectivity index (χ1) is 15.0. The third-order valence-electron chi connectivity index (χ3n) is 6.39. The van der Waals surface area contributed by atoms with E-state index in [1.807, 2.05) is 0 Å². The molecular weight excluding hydrogens is 456 g/mol. The lowest BCUT2D eigenvalue weighted by Crippen LogP contribution is -2.68. The summed E-state index contributed by atoms with van der Waals surface area (Å²) in [5.74, 6) is -2.29. The zero-order chi connectivity index (χ0) is 23.1. The first-order valence-corrected chi connectivity index (χ1v) is 10.7. The summed E-state index contributed by atoms with van der Waals surface area (Å²) in [6, 6.07) is 3.91. The van der Waals surface area contributed by atoms with Crippen LogP contribution in [0.25, 0.3) is 0 Å². The molecule has 0 atom stereocenters. The number of halogens is 5. The van der Waals surface area contributed by atoms with Gasteiger partial charge in [0.2, 0.25) is 5.91 Å². The summed E-state index contributed by atoms with van der Waals surface area (Å²) in [7, 11) is 0. The van der Waals surface area contributed by atoms with Gasteiger partial charge in [-0.25, -0.2) is 4.39 Å². The maximum Gasteiger partial charge on any atom is 0.392 e. The van der Waals surface area contributed by atoms with Crippen LogP contribution in [0.5, 0.6) is 5.75 Å². The average Bonchev–Trinajstić information content (AvgIpc) is 2.60. The molecule has 6 nitrogen and oxygen atoms in total. The standard InChI is InChI=1S/C21H23ClF4N2O4/c22-16-2-1-14(5-17(16)23)31-8-18(29)27-13-6-20(7-13)10-28(11-20)19(30)9-32-15-3-12(4-15)21(24,25)26/h1-2,5,12-13,15H,3-4,6-11H2,(H,27,29)/t12-,15-. The summed E-state index contributed by atoms with van der Waals surface area (Å²) < 4.78 is 61.4. The Morgan fingerprint density at radius 1 is 1.19 bits per heavy atom. The molecule has 0 aromatic heterocycles. The molecule has 4 rings (SSSR count). The van der Waals surface area contributed by atoms with Crippen molar-refractivity contribution >= 4 is 23.4 Å². The lowest BCUT2D eigenvalue weighted by molar-refractivity contribution is -0.220. The molecule has 0 radical (unpaired) electrons. The Morgan fingerprint density at radius 2 is 1.88 bits per heavy atom. The van der Waals surface area contributed by atoms with Crippen molar-refractivity contribution in [1.29, 1.82) is 0 Å². The molecule has 3 fully saturated rings. The maximum atomic E-state index is 13.4. The van der Waals surface area contributed by atoms with Crippen molar-refractivity contribution in [2.45, 2.75) is 44.0 Å². The Morgan fingerprint density at radius 3 is 2.50 bits per heavy atom. The summed E-state index contributed by atoms with van der Waals surface area (Å²) in [5.41, 5.74) is -0.0222. The van der Waals surface area contributed by atoms with E-state index in [9.17, 15) is 27.2 Å². The molecule has 2 saturated carbocycles. The van der Waals surface area contributed by atoms with Gasteiger partial charge in [-0.05, 0) is 37.8 Å². The SMILES string of the molecule is O=C(COc1ccc(Cl)c(F)c1)NC1CC2(C1)CN(C(=O)CO[C@H]1C[C@H](C(F)(F)F)C1)C2. The molecule has 1 spiro atoms. The monoisotopic (exact) mass is 478 g/mol. The van der Waals surface area contributed by atoms with Gasteiger partial charge in [0.1, 0.15) is 18.2 Å². The molecule has 2 aliphatic carbocycles. The largest absolute Gasteiger partial charge is 0.484 e. The molecule has 3 aliphatic rings. The summed E-state index contributed by atoms with van der Waals surface area (Å²) >= 11 is 5.60. The topological polar surface area (TPSA) is 67.9 Å². The molecule has 1 aromatic carbocycles. The van der Waals surface area contributed by atoms with Crippen molar-refractivity contribution in [3.8, 4) is 5.75 Å². The minimum Gasteiger partial charge on any atom is -0.484 e. The minimum atomic E-state index is -4.19. The van der Waals surface area contributed by atoms with Crippen LogP contribution in [0.2, 0.25) is 5.02 Å². The fourth-order valence-electron chi connectivity index (χ4n) is 4.52. The van der Waals surface area contributed by atoms with E-state index in [2.05, 4.69) is 5.32 Å². The maximum absolute atomic E-state index is 13.4. The van der Waals surface area contributed by atoms with E-state index < -0.39 is 24.0 Å². The van der Waals surface area contributed by atoms with E-state index in [0.29, 0.717) is 13.1 Å². The molecule has 1 aliphatic heterocycles. The highest BCUT2D eigenvalue weighted by atomic mass is 35.5. The van der Waals surface area contributed by atoms with Gasteiger partial charge in [-0.3, -0.25) is 9.59 Å². The molecular formula is C21H23ClF4N2O4. The van der Waals surface area contributed by atoms with Gasteiger partial charge in [-0.15, -0.1) is 0 Å². The molecule has 1 saturated heterocycles. The van der Waals surface area contributed by atoms with Crippen molar-refractivity contribution in [2.24, 2.45) is 11.3 Å². The van der Waals surface area contributed by atoms with E-state index in [1.54, 1.807) is 4.90 Å². The molecule has 32 heavy (non-hydrogen) atoms. The number of hydrogen-bond acceptors (Lipinski definition) is 4. The second-order valence-corrected chi connectivity index (χ2v) is 9.34. The molecule has 0 bridgehead atoms. The van der Waals surface area contributed by atoms with Gasteiger partial charge in [0, 0.05) is 30.6 Å². The third kappa shape index (κ3) is 5.11. The van der Waals surface area contributed by atoms with Crippen LogP contribution >= 0.6 is 11.6 Å². The Balaban J connectivity index is 1.08. The molecule has 2 amide bonds. The smallest absolute Gasteiger partial charge is 0.392 e. The normalized spacial score (nSPS) is 24.3. The lowest BCUT2D eigenvalue weighted by atomic mass is 9.60. The number of likely N-dealkylation sites (tertiary alicyclic amines) is 1. The van der Waals surface area contributed by atoms with E-state index in [4.69, 9.17) is 21.1 Å². The number of alkyl halides is 3.